The van der Waals surface area contributed by atoms with Crippen molar-refractivity contribution in [1.82, 2.24) is 0 Å². The van der Waals surface area contributed by atoms with E-state index in [9.17, 15) is 19.7 Å². The molecule has 0 atom stereocenters. The number of anilines is 1. The van der Waals surface area contributed by atoms with Gasteiger partial charge in [0.15, 0.2) is 0 Å². The third-order valence-corrected chi connectivity index (χ3v) is 3.22. The molecule has 1 aromatic carbocycles. The molecule has 0 saturated heterocycles. The number of hydrogen-bond acceptors (Lipinski definition) is 6. The number of carbonyl (C=O) groups excluding carboxylic acids is 2. The summed E-state index contributed by atoms with van der Waals surface area (Å²) in [6.45, 7) is 4.98. The molecule has 0 unspecified atom stereocenters. The molecular weight excluding hydrogens is 407 g/mol. The fourth-order valence-corrected chi connectivity index (χ4v) is 2.16. The van der Waals surface area contributed by atoms with Crippen molar-refractivity contribution >= 4 is 46.0 Å². The molecule has 1 amide bonds. The minimum absolute atomic E-state index is 0.111. The Morgan fingerprint density at radius 2 is 1.91 bits per heavy atom. The van der Waals surface area contributed by atoms with Gasteiger partial charge in [-0.05, 0) is 49.4 Å². The molecule has 0 bridgehead atoms. The quantitative estimate of drug-likeness (QED) is 0.347. The number of hydrogen-bond donors (Lipinski definition) is 1. The maximum atomic E-state index is 11.8. The van der Waals surface area contributed by atoms with Crippen molar-refractivity contribution in [1.29, 1.82) is 0 Å². The van der Waals surface area contributed by atoms with E-state index in [0.717, 1.165) is 0 Å². The standard InChI is InChI=1S/C13H15IN2O6/c1-13(2,3)22-12(18)15-9-5-7(11(17)21-4)8(14)6-10(9)16(19)20/h5-6H,1-4H3,(H,15,18). The number of ether oxygens (including phenoxy) is 2. The lowest BCUT2D eigenvalue weighted by Crippen LogP contribution is -2.27. The van der Waals surface area contributed by atoms with Crippen molar-refractivity contribution < 1.29 is 24.0 Å². The second kappa shape index (κ2) is 6.90. The molecule has 0 aliphatic heterocycles. The van der Waals surface area contributed by atoms with Crippen molar-refractivity contribution in [3.05, 3.63) is 31.4 Å². The van der Waals surface area contributed by atoms with Crippen molar-refractivity contribution in [3.63, 3.8) is 0 Å². The molecule has 0 radical (unpaired) electrons. The summed E-state index contributed by atoms with van der Waals surface area (Å²) in [6, 6.07) is 2.37. The Labute approximate surface area is 140 Å². The fourth-order valence-electron chi connectivity index (χ4n) is 1.49. The SMILES string of the molecule is COC(=O)c1cc(NC(=O)OC(C)(C)C)c([N+](=O)[O-])cc1I. The Kier molecular flexibility index (Phi) is 5.69. The Morgan fingerprint density at radius 1 is 1.32 bits per heavy atom. The molecule has 9 heteroatoms. The lowest BCUT2D eigenvalue weighted by molar-refractivity contribution is -0.384. The van der Waals surface area contributed by atoms with Crippen molar-refractivity contribution in [2.24, 2.45) is 0 Å². The molecule has 0 aromatic heterocycles. The minimum atomic E-state index is -0.854. The molecule has 120 valence electrons. The number of rotatable bonds is 3. The molecule has 0 aliphatic carbocycles. The number of nitro groups is 1. The first kappa shape index (κ1) is 18.1. The lowest BCUT2D eigenvalue weighted by Gasteiger charge is -2.19. The predicted octanol–water partition coefficient (Wildman–Crippen LogP) is 3.33. The van der Waals surface area contributed by atoms with E-state index in [1.165, 1.54) is 19.2 Å². The number of nitrogens with zero attached hydrogens (tertiary/aromatic N) is 1. The van der Waals surface area contributed by atoms with Gasteiger partial charge >= 0.3 is 12.1 Å². The first-order valence-electron chi connectivity index (χ1n) is 6.11. The number of amides is 1. The van der Waals surface area contributed by atoms with Gasteiger partial charge in [-0.3, -0.25) is 15.4 Å². The molecule has 1 aromatic rings. The topological polar surface area (TPSA) is 108 Å². The van der Waals surface area contributed by atoms with E-state index in [2.05, 4.69) is 10.1 Å². The Hall–Kier alpha value is -1.91. The lowest BCUT2D eigenvalue weighted by atomic mass is 10.1. The number of nitrogens with one attached hydrogen (secondary N) is 1. The van der Waals surface area contributed by atoms with E-state index in [-0.39, 0.29) is 16.9 Å². The molecular formula is C13H15IN2O6. The summed E-state index contributed by atoms with van der Waals surface area (Å²) in [5.41, 5.74) is -1.13. The van der Waals surface area contributed by atoms with Gasteiger partial charge in [-0.2, -0.15) is 0 Å². The summed E-state index contributed by atoms with van der Waals surface area (Å²) in [5, 5.41) is 13.4. The highest BCUT2D eigenvalue weighted by molar-refractivity contribution is 14.1. The van der Waals surface area contributed by atoms with Crippen LogP contribution in [-0.2, 0) is 9.47 Å². The van der Waals surface area contributed by atoms with E-state index in [1.54, 1.807) is 43.4 Å². The van der Waals surface area contributed by atoms with Crippen LogP contribution in [0.3, 0.4) is 0 Å². The van der Waals surface area contributed by atoms with Gasteiger partial charge in [-0.15, -0.1) is 0 Å². The van der Waals surface area contributed by atoms with E-state index >= 15 is 0 Å². The number of methoxy groups -OCH3 is 1. The minimum Gasteiger partial charge on any atom is -0.465 e. The van der Waals surface area contributed by atoms with Gasteiger partial charge in [0, 0.05) is 9.64 Å². The molecule has 22 heavy (non-hydrogen) atoms. The van der Waals surface area contributed by atoms with Crippen LogP contribution in [0.15, 0.2) is 12.1 Å². The van der Waals surface area contributed by atoms with Crippen LogP contribution in [-0.4, -0.2) is 29.7 Å². The fraction of sp³-hybridized carbons (Fsp3) is 0.385. The van der Waals surface area contributed by atoms with Gasteiger partial charge in [-0.1, -0.05) is 0 Å². The molecule has 0 heterocycles. The van der Waals surface area contributed by atoms with Crippen LogP contribution in [0.2, 0.25) is 0 Å². The second-order valence-corrected chi connectivity index (χ2v) is 6.39. The van der Waals surface area contributed by atoms with Gasteiger partial charge < -0.3 is 9.47 Å². The van der Waals surface area contributed by atoms with E-state index < -0.39 is 22.6 Å². The highest BCUT2D eigenvalue weighted by Gasteiger charge is 2.24. The predicted molar refractivity (Wildman–Crippen MR) is 87.0 cm³/mol. The number of benzene rings is 1. The molecule has 0 aliphatic rings. The van der Waals surface area contributed by atoms with E-state index in [1.807, 2.05) is 0 Å². The number of nitro benzene ring substituents is 1. The maximum Gasteiger partial charge on any atom is 0.412 e. The Balaban J connectivity index is 3.23. The molecule has 1 rings (SSSR count). The zero-order valence-electron chi connectivity index (χ0n) is 12.4. The van der Waals surface area contributed by atoms with Crippen LogP contribution in [0.5, 0.6) is 0 Å². The van der Waals surface area contributed by atoms with Crippen LogP contribution >= 0.6 is 22.6 Å². The molecule has 0 saturated carbocycles. The number of carbonyl (C=O) groups is 2. The highest BCUT2D eigenvalue weighted by atomic mass is 127. The summed E-state index contributed by atoms with van der Waals surface area (Å²) in [5.74, 6) is -0.661. The van der Waals surface area contributed by atoms with Gasteiger partial charge in [0.1, 0.15) is 11.3 Å². The number of esters is 1. The maximum absolute atomic E-state index is 11.8. The Bertz CT molecular complexity index is 624. The van der Waals surface area contributed by atoms with Crippen LogP contribution < -0.4 is 5.32 Å². The summed E-state index contributed by atoms with van der Waals surface area (Å²) in [7, 11) is 1.20. The van der Waals surface area contributed by atoms with Crippen LogP contribution in [0.4, 0.5) is 16.2 Å². The largest absolute Gasteiger partial charge is 0.465 e. The smallest absolute Gasteiger partial charge is 0.412 e. The number of halogens is 1. The Morgan fingerprint density at radius 3 is 2.36 bits per heavy atom. The molecule has 0 fully saturated rings. The van der Waals surface area contributed by atoms with Gasteiger partial charge in [0.05, 0.1) is 17.6 Å². The summed E-state index contributed by atoms with van der Waals surface area (Å²) >= 11 is 1.78. The van der Waals surface area contributed by atoms with Gasteiger partial charge in [0.25, 0.3) is 5.69 Å². The van der Waals surface area contributed by atoms with Crippen molar-refractivity contribution in [2.75, 3.05) is 12.4 Å². The summed E-state index contributed by atoms with van der Waals surface area (Å²) < 4.78 is 9.98. The zero-order chi connectivity index (χ0) is 17.1. The normalized spacial score (nSPS) is 10.8. The summed E-state index contributed by atoms with van der Waals surface area (Å²) in [6.07, 6.45) is -0.854. The second-order valence-electron chi connectivity index (χ2n) is 5.22. The molecule has 1 N–H and O–H groups in total. The molecule has 0 spiro atoms. The first-order chi connectivity index (χ1) is 10.0. The average molecular weight is 422 g/mol. The summed E-state index contributed by atoms with van der Waals surface area (Å²) in [4.78, 5) is 33.8. The average Bonchev–Trinajstić information content (AvgIpc) is 2.36. The van der Waals surface area contributed by atoms with Crippen molar-refractivity contribution in [3.8, 4) is 0 Å². The first-order valence-corrected chi connectivity index (χ1v) is 7.19. The van der Waals surface area contributed by atoms with Crippen LogP contribution in [0.1, 0.15) is 31.1 Å². The third kappa shape index (κ3) is 4.83. The van der Waals surface area contributed by atoms with Crippen LogP contribution in [0.25, 0.3) is 0 Å². The monoisotopic (exact) mass is 422 g/mol. The third-order valence-electron chi connectivity index (χ3n) is 2.32. The van der Waals surface area contributed by atoms with Crippen LogP contribution in [0, 0.1) is 13.7 Å². The highest BCUT2D eigenvalue weighted by Crippen LogP contribution is 2.30. The van der Waals surface area contributed by atoms with E-state index in [4.69, 9.17) is 4.74 Å². The van der Waals surface area contributed by atoms with Gasteiger partial charge in [-0.25, -0.2) is 9.59 Å². The molecule has 8 nitrogen and oxygen atoms in total. The van der Waals surface area contributed by atoms with E-state index in [0.29, 0.717) is 3.57 Å². The zero-order valence-corrected chi connectivity index (χ0v) is 14.6. The van der Waals surface area contributed by atoms with Crippen molar-refractivity contribution in [2.45, 2.75) is 26.4 Å². The van der Waals surface area contributed by atoms with Gasteiger partial charge in [0.2, 0.25) is 0 Å².